The molecular formula is C17H16BrN3O4S. The standard InChI is InChI=1S/C17H16BrN3O4S/c1-10-3-5-12(18)8-13(10)20-16(22)9-19-17(23)11-4-6-15(26-2)14(7-11)21(24)25/h3-8H,9H2,1-2H3,(H,19,23)(H,20,22). The van der Waals surface area contributed by atoms with Crippen LogP contribution in [-0.2, 0) is 4.79 Å². The van der Waals surface area contributed by atoms with E-state index < -0.39 is 16.7 Å². The Morgan fingerprint density at radius 1 is 1.23 bits per heavy atom. The van der Waals surface area contributed by atoms with Gasteiger partial charge in [-0.25, -0.2) is 0 Å². The highest BCUT2D eigenvalue weighted by atomic mass is 79.9. The molecule has 0 unspecified atom stereocenters. The highest BCUT2D eigenvalue weighted by molar-refractivity contribution is 9.10. The molecule has 0 radical (unpaired) electrons. The van der Waals surface area contributed by atoms with Gasteiger partial charge in [-0.2, -0.15) is 0 Å². The quantitative estimate of drug-likeness (QED) is 0.406. The zero-order valence-corrected chi connectivity index (χ0v) is 16.4. The number of rotatable bonds is 6. The third-order valence-electron chi connectivity index (χ3n) is 3.52. The van der Waals surface area contributed by atoms with Crippen LogP contribution in [0.5, 0.6) is 0 Å². The van der Waals surface area contributed by atoms with E-state index in [0.717, 1.165) is 10.0 Å². The summed E-state index contributed by atoms with van der Waals surface area (Å²) in [6.45, 7) is 1.61. The smallest absolute Gasteiger partial charge is 0.283 e. The van der Waals surface area contributed by atoms with Gasteiger partial charge in [0.1, 0.15) is 0 Å². The van der Waals surface area contributed by atoms with Crippen LogP contribution in [0.4, 0.5) is 11.4 Å². The lowest BCUT2D eigenvalue weighted by Gasteiger charge is -2.10. The normalized spacial score (nSPS) is 10.3. The Kier molecular flexibility index (Phi) is 6.76. The van der Waals surface area contributed by atoms with Crippen LogP contribution in [-0.4, -0.2) is 29.5 Å². The molecule has 136 valence electrons. The summed E-state index contributed by atoms with van der Waals surface area (Å²) in [5, 5.41) is 16.3. The number of carbonyl (C=O) groups is 2. The van der Waals surface area contributed by atoms with E-state index in [2.05, 4.69) is 26.6 Å². The molecule has 2 N–H and O–H groups in total. The SMILES string of the molecule is CSc1ccc(C(=O)NCC(=O)Nc2cc(Br)ccc2C)cc1[N+](=O)[O-]. The zero-order chi connectivity index (χ0) is 19.3. The van der Waals surface area contributed by atoms with Gasteiger partial charge in [0.05, 0.1) is 16.4 Å². The Hall–Kier alpha value is -2.39. The average molecular weight is 438 g/mol. The fraction of sp³-hybridized carbons (Fsp3) is 0.176. The van der Waals surface area contributed by atoms with Crippen LogP contribution in [0.25, 0.3) is 0 Å². The summed E-state index contributed by atoms with van der Waals surface area (Å²) in [4.78, 5) is 35.2. The van der Waals surface area contributed by atoms with Gasteiger partial charge >= 0.3 is 0 Å². The number of nitrogens with one attached hydrogen (secondary N) is 2. The Bertz CT molecular complexity index is 873. The molecule has 2 rings (SSSR count). The summed E-state index contributed by atoms with van der Waals surface area (Å²) in [6.07, 6.45) is 1.72. The molecule has 0 spiro atoms. The molecule has 2 aromatic rings. The number of nitrogens with zero attached hydrogens (tertiary/aromatic N) is 1. The Balaban J connectivity index is 2.02. The van der Waals surface area contributed by atoms with Crippen LogP contribution in [0.2, 0.25) is 0 Å². The third kappa shape index (κ3) is 5.06. The number of nitro groups is 1. The van der Waals surface area contributed by atoms with Gasteiger partial charge in [-0.1, -0.05) is 22.0 Å². The van der Waals surface area contributed by atoms with Crippen LogP contribution in [0, 0.1) is 17.0 Å². The molecule has 0 saturated heterocycles. The molecular weight excluding hydrogens is 422 g/mol. The minimum atomic E-state index is -0.554. The Morgan fingerprint density at radius 2 is 1.96 bits per heavy atom. The number of benzene rings is 2. The van der Waals surface area contributed by atoms with Crippen molar-refractivity contribution in [2.45, 2.75) is 11.8 Å². The minimum Gasteiger partial charge on any atom is -0.343 e. The van der Waals surface area contributed by atoms with E-state index >= 15 is 0 Å². The molecule has 0 aliphatic carbocycles. The van der Waals surface area contributed by atoms with Crippen LogP contribution in [0.1, 0.15) is 15.9 Å². The first-order valence-electron chi connectivity index (χ1n) is 7.48. The van der Waals surface area contributed by atoms with Crippen molar-refractivity contribution in [1.82, 2.24) is 5.32 Å². The number of hydrogen-bond acceptors (Lipinski definition) is 5. The van der Waals surface area contributed by atoms with E-state index in [1.165, 1.54) is 30.0 Å². The Morgan fingerprint density at radius 3 is 2.62 bits per heavy atom. The van der Waals surface area contributed by atoms with E-state index in [1.807, 2.05) is 19.1 Å². The summed E-state index contributed by atoms with van der Waals surface area (Å²) in [5.74, 6) is -0.948. The summed E-state index contributed by atoms with van der Waals surface area (Å²) < 4.78 is 0.823. The fourth-order valence-corrected chi connectivity index (χ4v) is 3.07. The van der Waals surface area contributed by atoms with E-state index in [1.54, 1.807) is 12.3 Å². The molecule has 0 aromatic heterocycles. The minimum absolute atomic E-state index is 0.126. The average Bonchev–Trinajstić information content (AvgIpc) is 2.62. The molecule has 0 bridgehead atoms. The highest BCUT2D eigenvalue weighted by Crippen LogP contribution is 2.28. The fourth-order valence-electron chi connectivity index (χ4n) is 2.16. The summed E-state index contributed by atoms with van der Waals surface area (Å²) in [7, 11) is 0. The summed E-state index contributed by atoms with van der Waals surface area (Å²) >= 11 is 4.56. The van der Waals surface area contributed by atoms with Gasteiger partial charge in [-0.3, -0.25) is 19.7 Å². The van der Waals surface area contributed by atoms with Crippen molar-refractivity contribution < 1.29 is 14.5 Å². The molecule has 0 fully saturated rings. The second kappa shape index (κ2) is 8.81. The summed E-state index contributed by atoms with van der Waals surface area (Å²) in [6, 6.07) is 9.69. The number of carbonyl (C=O) groups excluding carboxylic acids is 2. The molecule has 0 saturated carbocycles. The van der Waals surface area contributed by atoms with Crippen LogP contribution >= 0.6 is 27.7 Å². The second-order valence-electron chi connectivity index (χ2n) is 5.33. The topological polar surface area (TPSA) is 101 Å². The van der Waals surface area contributed by atoms with Crippen molar-refractivity contribution in [3.05, 3.63) is 62.1 Å². The van der Waals surface area contributed by atoms with Crippen molar-refractivity contribution in [2.75, 3.05) is 18.1 Å². The molecule has 26 heavy (non-hydrogen) atoms. The van der Waals surface area contributed by atoms with Crippen molar-refractivity contribution in [3.63, 3.8) is 0 Å². The second-order valence-corrected chi connectivity index (χ2v) is 7.10. The predicted octanol–water partition coefficient (Wildman–Crippen LogP) is 3.76. The molecule has 2 amide bonds. The number of hydrogen-bond donors (Lipinski definition) is 2. The van der Waals surface area contributed by atoms with Crippen molar-refractivity contribution in [2.24, 2.45) is 0 Å². The zero-order valence-electron chi connectivity index (χ0n) is 14.0. The number of halogens is 1. The Labute approximate surface area is 162 Å². The van der Waals surface area contributed by atoms with Crippen LogP contribution in [0.15, 0.2) is 45.8 Å². The maximum absolute atomic E-state index is 12.2. The van der Waals surface area contributed by atoms with Gasteiger partial charge in [0.25, 0.3) is 11.6 Å². The molecule has 2 aromatic carbocycles. The van der Waals surface area contributed by atoms with Crippen molar-refractivity contribution >= 4 is 50.9 Å². The highest BCUT2D eigenvalue weighted by Gasteiger charge is 2.17. The lowest BCUT2D eigenvalue weighted by atomic mass is 10.2. The van der Waals surface area contributed by atoms with Crippen LogP contribution < -0.4 is 10.6 Å². The van der Waals surface area contributed by atoms with E-state index in [4.69, 9.17) is 0 Å². The van der Waals surface area contributed by atoms with Gasteiger partial charge in [0.15, 0.2) is 0 Å². The lowest BCUT2D eigenvalue weighted by Crippen LogP contribution is -2.33. The maximum Gasteiger partial charge on any atom is 0.283 e. The van der Waals surface area contributed by atoms with Gasteiger partial charge in [-0.15, -0.1) is 11.8 Å². The van der Waals surface area contributed by atoms with Gasteiger partial charge in [-0.05, 0) is 43.0 Å². The van der Waals surface area contributed by atoms with Gasteiger partial charge < -0.3 is 10.6 Å². The molecule has 0 heterocycles. The lowest BCUT2D eigenvalue weighted by molar-refractivity contribution is -0.387. The van der Waals surface area contributed by atoms with Gasteiger partial charge in [0.2, 0.25) is 5.91 Å². The monoisotopic (exact) mass is 437 g/mol. The predicted molar refractivity (Wildman–Crippen MR) is 105 cm³/mol. The number of anilines is 1. The van der Waals surface area contributed by atoms with E-state index in [0.29, 0.717) is 10.6 Å². The molecule has 0 aliphatic heterocycles. The molecule has 7 nitrogen and oxygen atoms in total. The van der Waals surface area contributed by atoms with Gasteiger partial charge in [0, 0.05) is 21.8 Å². The summed E-state index contributed by atoms with van der Waals surface area (Å²) in [5.41, 5.74) is 1.51. The molecule has 0 aliphatic rings. The number of nitro benzene ring substituents is 1. The molecule has 0 atom stereocenters. The van der Waals surface area contributed by atoms with Crippen molar-refractivity contribution in [1.29, 1.82) is 0 Å². The van der Waals surface area contributed by atoms with Crippen molar-refractivity contribution in [3.8, 4) is 0 Å². The first kappa shape index (κ1) is 19.9. The maximum atomic E-state index is 12.2. The van der Waals surface area contributed by atoms with E-state index in [-0.39, 0.29) is 17.8 Å². The largest absolute Gasteiger partial charge is 0.343 e. The first-order chi connectivity index (χ1) is 12.3. The first-order valence-corrected chi connectivity index (χ1v) is 9.50. The molecule has 9 heteroatoms. The number of thioether (sulfide) groups is 1. The third-order valence-corrected chi connectivity index (χ3v) is 4.80. The van der Waals surface area contributed by atoms with Crippen LogP contribution in [0.3, 0.4) is 0 Å². The number of amides is 2. The number of aryl methyl sites for hydroxylation is 1. The van der Waals surface area contributed by atoms with E-state index in [9.17, 15) is 19.7 Å².